The van der Waals surface area contributed by atoms with Crippen molar-refractivity contribution in [2.24, 2.45) is 0 Å². The van der Waals surface area contributed by atoms with Gasteiger partial charge in [0.25, 0.3) is 0 Å². The van der Waals surface area contributed by atoms with E-state index in [0.29, 0.717) is 17.7 Å². The number of ether oxygens (including phenoxy) is 1. The molecular weight excluding hydrogens is 292 g/mol. The molecule has 0 amide bonds. The van der Waals surface area contributed by atoms with Crippen molar-refractivity contribution in [3.05, 3.63) is 39.6 Å². The van der Waals surface area contributed by atoms with Gasteiger partial charge in [0.1, 0.15) is 5.75 Å². The molecule has 0 aliphatic carbocycles. The maximum atomic E-state index is 12.5. The third-order valence-corrected chi connectivity index (χ3v) is 5.48. The second kappa shape index (κ2) is 6.99. The van der Waals surface area contributed by atoms with Crippen LogP contribution in [0.25, 0.3) is 0 Å². The number of allylic oxidation sites excluding steroid dienone is 1. The largest absolute Gasteiger partial charge is 0.494 e. The molecule has 2 rings (SSSR count). The molecule has 0 unspecified atom stereocenters. The van der Waals surface area contributed by atoms with E-state index in [1.807, 2.05) is 6.92 Å². The Kier molecular flexibility index (Phi) is 5.31. The minimum absolute atomic E-state index is 0.166. The summed E-state index contributed by atoms with van der Waals surface area (Å²) in [6.45, 7) is 3.95. The molecule has 20 heavy (non-hydrogen) atoms. The summed E-state index contributed by atoms with van der Waals surface area (Å²) in [6, 6.07) is 6.93. The quantitative estimate of drug-likeness (QED) is 0.360. The van der Waals surface area contributed by atoms with Gasteiger partial charge in [-0.25, -0.2) is 0 Å². The minimum Gasteiger partial charge on any atom is -0.494 e. The maximum absolute atomic E-state index is 12.5. The van der Waals surface area contributed by atoms with Crippen molar-refractivity contribution >= 4 is 35.1 Å². The van der Waals surface area contributed by atoms with Gasteiger partial charge in [-0.2, -0.15) is 0 Å². The summed E-state index contributed by atoms with van der Waals surface area (Å²) < 4.78 is 6.21. The predicted octanol–water partition coefficient (Wildman–Crippen LogP) is 3.55. The molecule has 0 atom stereocenters. The fourth-order valence-corrected chi connectivity index (χ4v) is 4.50. The zero-order valence-electron chi connectivity index (χ0n) is 11.5. The molecule has 1 aromatic carbocycles. The monoisotopic (exact) mass is 308 g/mol. The second-order valence-electron chi connectivity index (χ2n) is 4.20. The number of rotatable bonds is 5. The summed E-state index contributed by atoms with van der Waals surface area (Å²) in [7, 11) is 0. The standard InChI is InChI=1S/C15H16O3S2/c1-3-18-12-6-4-11(5-7-12)14(17)13(10(2)16)15-19-8-9-20-15/h4-7H,3,8-9H2,1-2H3. The number of hydrogen-bond donors (Lipinski definition) is 0. The first kappa shape index (κ1) is 15.2. The molecule has 0 N–H and O–H groups in total. The Bertz CT molecular complexity index is 539. The van der Waals surface area contributed by atoms with Gasteiger partial charge < -0.3 is 4.74 Å². The van der Waals surface area contributed by atoms with E-state index < -0.39 is 0 Å². The fraction of sp³-hybridized carbons (Fsp3) is 0.333. The van der Waals surface area contributed by atoms with Gasteiger partial charge in [-0.1, -0.05) is 0 Å². The molecule has 1 heterocycles. The van der Waals surface area contributed by atoms with Crippen LogP contribution >= 0.6 is 23.5 Å². The first-order valence-corrected chi connectivity index (χ1v) is 8.39. The van der Waals surface area contributed by atoms with E-state index in [1.54, 1.807) is 47.8 Å². The van der Waals surface area contributed by atoms with Crippen LogP contribution in [0.3, 0.4) is 0 Å². The molecule has 0 spiro atoms. The van der Waals surface area contributed by atoms with Gasteiger partial charge in [-0.05, 0) is 38.1 Å². The van der Waals surface area contributed by atoms with Gasteiger partial charge in [0.2, 0.25) is 0 Å². The van der Waals surface area contributed by atoms with Crippen LogP contribution in [0.1, 0.15) is 24.2 Å². The summed E-state index contributed by atoms with van der Waals surface area (Å²) in [5.74, 6) is 2.27. The Morgan fingerprint density at radius 2 is 1.75 bits per heavy atom. The molecule has 1 fully saturated rings. The Hall–Kier alpha value is -1.20. The lowest BCUT2D eigenvalue weighted by atomic mass is 10.0. The molecule has 0 radical (unpaired) electrons. The lowest BCUT2D eigenvalue weighted by molar-refractivity contribution is -0.113. The molecular formula is C15H16O3S2. The van der Waals surface area contributed by atoms with Crippen LogP contribution in [0.4, 0.5) is 0 Å². The molecule has 0 aromatic heterocycles. The van der Waals surface area contributed by atoms with Crippen molar-refractivity contribution in [2.45, 2.75) is 13.8 Å². The summed E-state index contributed by atoms with van der Waals surface area (Å²) in [5.41, 5.74) is 0.848. The van der Waals surface area contributed by atoms with Gasteiger partial charge >= 0.3 is 0 Å². The number of Topliss-reactive ketones (excluding diaryl/α,β-unsaturated/α-hetero) is 2. The van der Waals surface area contributed by atoms with Crippen LogP contribution in [0, 0.1) is 0 Å². The second-order valence-corrected chi connectivity index (χ2v) is 6.67. The van der Waals surface area contributed by atoms with Crippen LogP contribution in [0.2, 0.25) is 0 Å². The number of carbonyl (C=O) groups excluding carboxylic acids is 2. The van der Waals surface area contributed by atoms with Crippen molar-refractivity contribution in [3.63, 3.8) is 0 Å². The fourth-order valence-electron chi connectivity index (χ4n) is 1.86. The molecule has 1 aliphatic rings. The van der Waals surface area contributed by atoms with E-state index in [0.717, 1.165) is 21.5 Å². The summed E-state index contributed by atoms with van der Waals surface area (Å²) in [6.07, 6.45) is 0. The van der Waals surface area contributed by atoms with Gasteiger partial charge in [0.05, 0.1) is 16.4 Å². The highest BCUT2D eigenvalue weighted by Gasteiger charge is 2.24. The Morgan fingerprint density at radius 3 is 2.25 bits per heavy atom. The number of hydrogen-bond acceptors (Lipinski definition) is 5. The van der Waals surface area contributed by atoms with E-state index in [-0.39, 0.29) is 11.6 Å². The molecule has 106 valence electrons. The van der Waals surface area contributed by atoms with Crippen LogP contribution in [0.15, 0.2) is 34.1 Å². The highest BCUT2D eigenvalue weighted by atomic mass is 32.2. The molecule has 0 bridgehead atoms. The van der Waals surface area contributed by atoms with E-state index >= 15 is 0 Å². The third-order valence-electron chi connectivity index (χ3n) is 2.76. The van der Waals surface area contributed by atoms with Gasteiger partial charge in [-0.3, -0.25) is 9.59 Å². The van der Waals surface area contributed by atoms with E-state index in [2.05, 4.69) is 0 Å². The SMILES string of the molecule is CCOc1ccc(C(=O)C(C(C)=O)=C2SCCS2)cc1. The zero-order valence-corrected chi connectivity index (χ0v) is 13.1. The van der Waals surface area contributed by atoms with Crippen LogP contribution in [-0.4, -0.2) is 29.7 Å². The molecule has 5 heteroatoms. The Labute approximate surface area is 127 Å². The Balaban J connectivity index is 2.28. The van der Waals surface area contributed by atoms with Crippen molar-refractivity contribution in [1.82, 2.24) is 0 Å². The van der Waals surface area contributed by atoms with Gasteiger partial charge in [0.15, 0.2) is 11.6 Å². The Morgan fingerprint density at radius 1 is 1.15 bits per heavy atom. The third kappa shape index (κ3) is 3.46. The summed E-state index contributed by atoms with van der Waals surface area (Å²) in [5, 5.41) is 0. The topological polar surface area (TPSA) is 43.4 Å². The lowest BCUT2D eigenvalue weighted by Gasteiger charge is -2.07. The number of thioether (sulfide) groups is 2. The number of ketones is 2. The molecule has 1 aromatic rings. The highest BCUT2D eigenvalue weighted by molar-refractivity contribution is 8.25. The molecule has 3 nitrogen and oxygen atoms in total. The highest BCUT2D eigenvalue weighted by Crippen LogP contribution is 2.39. The lowest BCUT2D eigenvalue weighted by Crippen LogP contribution is -2.11. The van der Waals surface area contributed by atoms with Crippen molar-refractivity contribution in [2.75, 3.05) is 18.1 Å². The van der Waals surface area contributed by atoms with E-state index in [4.69, 9.17) is 4.74 Å². The van der Waals surface area contributed by atoms with E-state index in [1.165, 1.54) is 6.92 Å². The molecule has 1 aliphatic heterocycles. The summed E-state index contributed by atoms with van der Waals surface area (Å²) in [4.78, 5) is 24.3. The van der Waals surface area contributed by atoms with Crippen molar-refractivity contribution in [1.29, 1.82) is 0 Å². The average molecular weight is 308 g/mol. The zero-order chi connectivity index (χ0) is 14.5. The normalized spacial score (nSPS) is 14.2. The number of benzene rings is 1. The van der Waals surface area contributed by atoms with Crippen LogP contribution < -0.4 is 4.74 Å². The first-order valence-electron chi connectivity index (χ1n) is 6.42. The summed E-state index contributed by atoms with van der Waals surface area (Å²) >= 11 is 3.18. The molecule has 0 saturated carbocycles. The minimum atomic E-state index is -0.197. The van der Waals surface area contributed by atoms with Gasteiger partial charge in [-0.15, -0.1) is 23.5 Å². The molecule has 1 saturated heterocycles. The maximum Gasteiger partial charge on any atom is 0.198 e. The van der Waals surface area contributed by atoms with Crippen LogP contribution in [0.5, 0.6) is 5.75 Å². The number of carbonyl (C=O) groups is 2. The van der Waals surface area contributed by atoms with Crippen molar-refractivity contribution < 1.29 is 14.3 Å². The van der Waals surface area contributed by atoms with Gasteiger partial charge in [0, 0.05) is 17.1 Å². The van der Waals surface area contributed by atoms with E-state index in [9.17, 15) is 9.59 Å². The van der Waals surface area contributed by atoms with Crippen LogP contribution in [-0.2, 0) is 4.79 Å². The smallest absolute Gasteiger partial charge is 0.198 e. The van der Waals surface area contributed by atoms with Crippen molar-refractivity contribution in [3.8, 4) is 5.75 Å². The predicted molar refractivity (Wildman–Crippen MR) is 84.6 cm³/mol. The first-order chi connectivity index (χ1) is 9.63. The average Bonchev–Trinajstić information content (AvgIpc) is 2.93.